The zero-order valence-corrected chi connectivity index (χ0v) is 12.0. The van der Waals surface area contributed by atoms with Gasteiger partial charge in [0.05, 0.1) is 6.21 Å². The minimum atomic E-state index is -0.208. The number of carbonyl (C=O) groups is 1. The number of nitrogens with zero attached hydrogens (tertiary/aromatic N) is 4. The highest BCUT2D eigenvalue weighted by atomic mass is 32.1. The lowest BCUT2D eigenvalue weighted by Crippen LogP contribution is -2.41. The van der Waals surface area contributed by atoms with Gasteiger partial charge in [0.1, 0.15) is 6.17 Å². The Morgan fingerprint density at radius 2 is 1.95 bits per heavy atom. The first-order chi connectivity index (χ1) is 9.59. The fraction of sp³-hybridized carbons (Fsp3) is 0.308. The summed E-state index contributed by atoms with van der Waals surface area (Å²) < 4.78 is 0. The summed E-state index contributed by atoms with van der Waals surface area (Å²) in [5, 5.41) is 9.74. The molecular weight excluding hydrogens is 274 g/mol. The summed E-state index contributed by atoms with van der Waals surface area (Å²) >= 11 is 5.29. The molecule has 0 radical (unpaired) electrons. The molecule has 0 bridgehead atoms. The van der Waals surface area contributed by atoms with E-state index >= 15 is 0 Å². The van der Waals surface area contributed by atoms with Crippen molar-refractivity contribution in [2.45, 2.75) is 12.3 Å². The molecule has 2 atom stereocenters. The van der Waals surface area contributed by atoms with Crippen molar-refractivity contribution in [2.75, 3.05) is 14.1 Å². The maximum atomic E-state index is 11.9. The van der Waals surface area contributed by atoms with E-state index in [0.717, 1.165) is 5.56 Å². The molecule has 2 heterocycles. The first-order valence-electron chi connectivity index (χ1n) is 6.28. The van der Waals surface area contributed by atoms with Gasteiger partial charge in [-0.3, -0.25) is 0 Å². The lowest BCUT2D eigenvalue weighted by atomic mass is 10.2. The Balaban J connectivity index is 1.85. The van der Waals surface area contributed by atoms with Crippen molar-refractivity contribution in [3.8, 4) is 0 Å². The summed E-state index contributed by atoms with van der Waals surface area (Å²) in [6.45, 7) is 0. The zero-order chi connectivity index (χ0) is 14.3. The van der Waals surface area contributed by atoms with Crippen LogP contribution in [0, 0.1) is 0 Å². The van der Waals surface area contributed by atoms with Gasteiger partial charge < -0.3 is 15.1 Å². The Labute approximate surface area is 122 Å². The molecule has 1 aromatic rings. The fourth-order valence-electron chi connectivity index (χ4n) is 2.46. The quantitative estimate of drug-likeness (QED) is 0.648. The molecule has 1 aromatic carbocycles. The predicted octanol–water partition coefficient (Wildman–Crippen LogP) is 0.860. The van der Waals surface area contributed by atoms with Gasteiger partial charge in [-0.05, 0) is 17.8 Å². The summed E-state index contributed by atoms with van der Waals surface area (Å²) in [6.07, 6.45) is 1.38. The normalized spacial score (nSPS) is 25.6. The van der Waals surface area contributed by atoms with Crippen molar-refractivity contribution in [1.29, 1.82) is 0 Å². The Kier molecular flexibility index (Phi) is 3.06. The van der Waals surface area contributed by atoms with E-state index in [1.807, 2.05) is 30.3 Å². The fourth-order valence-corrected chi connectivity index (χ4v) is 2.74. The summed E-state index contributed by atoms with van der Waals surface area (Å²) in [5.74, 6) is 0. The van der Waals surface area contributed by atoms with E-state index in [9.17, 15) is 4.79 Å². The molecule has 0 spiro atoms. The summed E-state index contributed by atoms with van der Waals surface area (Å²) in [5.41, 5.74) is 0.985. The molecule has 2 saturated heterocycles. The molecule has 2 unspecified atom stereocenters. The van der Waals surface area contributed by atoms with Gasteiger partial charge in [-0.1, -0.05) is 30.3 Å². The molecule has 0 aromatic heterocycles. The van der Waals surface area contributed by atoms with Crippen LogP contribution in [0.15, 0.2) is 35.4 Å². The number of likely N-dealkylation sites (N-methyl/N-ethyl adjacent to an activating group) is 2. The minimum Gasteiger partial charge on any atom is -0.337 e. The van der Waals surface area contributed by atoms with E-state index < -0.39 is 0 Å². The van der Waals surface area contributed by atoms with Crippen LogP contribution >= 0.6 is 12.2 Å². The van der Waals surface area contributed by atoms with Crippen LogP contribution in [-0.2, 0) is 0 Å². The molecule has 2 aliphatic rings. The van der Waals surface area contributed by atoms with Crippen LogP contribution in [-0.4, -0.2) is 58.6 Å². The van der Waals surface area contributed by atoms with Crippen molar-refractivity contribution < 1.29 is 4.79 Å². The standard InChI is InChI=1S/C13H15N5OS/c1-16-10-11(17(2)13(16)19)18(12(20)15-10)14-8-9-6-4-3-5-7-9/h3-8,10-11H,1-2H3,(H,15,20)/b14-8+. The maximum Gasteiger partial charge on any atom is 0.323 e. The highest BCUT2D eigenvalue weighted by Gasteiger charge is 2.51. The first kappa shape index (κ1) is 12.9. The second-order valence-electron chi connectivity index (χ2n) is 4.81. The molecule has 1 N–H and O–H groups in total. The van der Waals surface area contributed by atoms with Gasteiger partial charge in [0.2, 0.25) is 0 Å². The van der Waals surface area contributed by atoms with Crippen LogP contribution < -0.4 is 5.32 Å². The predicted molar refractivity (Wildman–Crippen MR) is 80.1 cm³/mol. The Morgan fingerprint density at radius 1 is 1.25 bits per heavy atom. The Hall–Kier alpha value is -2.15. The molecule has 0 aliphatic carbocycles. The van der Waals surface area contributed by atoms with E-state index in [2.05, 4.69) is 10.4 Å². The van der Waals surface area contributed by atoms with Crippen molar-refractivity contribution in [1.82, 2.24) is 20.1 Å². The van der Waals surface area contributed by atoms with E-state index in [4.69, 9.17) is 12.2 Å². The van der Waals surface area contributed by atoms with Crippen LogP contribution in [0.25, 0.3) is 0 Å². The number of amides is 2. The number of fused-ring (bicyclic) bond motifs is 1. The third-order valence-corrected chi connectivity index (χ3v) is 3.87. The van der Waals surface area contributed by atoms with Gasteiger partial charge in [-0.15, -0.1) is 0 Å². The van der Waals surface area contributed by atoms with Crippen molar-refractivity contribution in [3.63, 3.8) is 0 Å². The van der Waals surface area contributed by atoms with Crippen molar-refractivity contribution in [2.24, 2.45) is 5.10 Å². The lowest BCUT2D eigenvalue weighted by Gasteiger charge is -2.23. The average molecular weight is 289 g/mol. The number of nitrogens with one attached hydrogen (secondary N) is 1. The van der Waals surface area contributed by atoms with Crippen LogP contribution in [0.3, 0.4) is 0 Å². The average Bonchev–Trinajstić information content (AvgIpc) is 2.89. The number of rotatable bonds is 2. The zero-order valence-electron chi connectivity index (χ0n) is 11.2. The summed E-state index contributed by atoms with van der Waals surface area (Å²) in [6, 6.07) is 9.72. The molecule has 2 amide bonds. The van der Waals surface area contributed by atoms with Gasteiger partial charge >= 0.3 is 6.03 Å². The van der Waals surface area contributed by atoms with Gasteiger partial charge in [0.15, 0.2) is 11.3 Å². The van der Waals surface area contributed by atoms with E-state index in [-0.39, 0.29) is 18.4 Å². The van der Waals surface area contributed by atoms with Gasteiger partial charge in [-0.2, -0.15) is 5.10 Å². The number of hydrogen-bond donors (Lipinski definition) is 1. The number of carbonyl (C=O) groups excluding carboxylic acids is 1. The van der Waals surface area contributed by atoms with E-state index in [0.29, 0.717) is 5.11 Å². The second kappa shape index (κ2) is 4.75. The smallest absolute Gasteiger partial charge is 0.323 e. The SMILES string of the molecule is CN1C(=O)N(C)C2C1NC(=S)N2/N=C/c1ccccc1. The van der Waals surface area contributed by atoms with Crippen molar-refractivity contribution >= 4 is 29.6 Å². The van der Waals surface area contributed by atoms with Gasteiger partial charge in [-0.25, -0.2) is 9.80 Å². The molecule has 20 heavy (non-hydrogen) atoms. The minimum absolute atomic E-state index is 0.0464. The number of hydrazone groups is 1. The third-order valence-electron chi connectivity index (χ3n) is 3.56. The highest BCUT2D eigenvalue weighted by Crippen LogP contribution is 2.26. The van der Waals surface area contributed by atoms with Crippen LogP contribution in [0.5, 0.6) is 0 Å². The molecular formula is C13H15N5OS. The summed E-state index contributed by atoms with van der Waals surface area (Å²) in [7, 11) is 3.51. The van der Waals surface area contributed by atoms with Crippen molar-refractivity contribution in [3.05, 3.63) is 35.9 Å². The van der Waals surface area contributed by atoms with Crippen LogP contribution in [0.2, 0.25) is 0 Å². The monoisotopic (exact) mass is 289 g/mol. The largest absolute Gasteiger partial charge is 0.337 e. The number of benzene rings is 1. The maximum absolute atomic E-state index is 11.9. The number of urea groups is 1. The topological polar surface area (TPSA) is 51.2 Å². The van der Waals surface area contributed by atoms with E-state index in [1.165, 1.54) is 0 Å². The Morgan fingerprint density at radius 3 is 2.65 bits per heavy atom. The molecule has 6 nitrogen and oxygen atoms in total. The summed E-state index contributed by atoms with van der Waals surface area (Å²) in [4.78, 5) is 15.2. The second-order valence-corrected chi connectivity index (χ2v) is 5.20. The van der Waals surface area contributed by atoms with Crippen LogP contribution in [0.1, 0.15) is 5.56 Å². The van der Waals surface area contributed by atoms with Gasteiger partial charge in [0, 0.05) is 14.1 Å². The molecule has 2 fully saturated rings. The lowest BCUT2D eigenvalue weighted by molar-refractivity contribution is 0.174. The molecule has 7 heteroatoms. The molecule has 2 aliphatic heterocycles. The Bertz CT molecular complexity index is 575. The number of thiocarbonyl (C=S) groups is 1. The first-order valence-corrected chi connectivity index (χ1v) is 6.69. The number of hydrogen-bond acceptors (Lipinski definition) is 3. The van der Waals surface area contributed by atoms with Crippen LogP contribution in [0.4, 0.5) is 4.79 Å². The third kappa shape index (κ3) is 1.90. The molecule has 0 saturated carbocycles. The van der Waals surface area contributed by atoms with E-state index in [1.54, 1.807) is 35.1 Å². The highest BCUT2D eigenvalue weighted by molar-refractivity contribution is 7.80. The van der Waals surface area contributed by atoms with Gasteiger partial charge in [0.25, 0.3) is 0 Å². The molecule has 104 valence electrons. The molecule has 3 rings (SSSR count).